The van der Waals surface area contributed by atoms with Crippen molar-refractivity contribution in [2.45, 2.75) is 11.8 Å². The van der Waals surface area contributed by atoms with Gasteiger partial charge in [-0.3, -0.25) is 4.79 Å². The molecule has 3 aromatic rings. The molecule has 1 aromatic heterocycles. The van der Waals surface area contributed by atoms with Crippen molar-refractivity contribution >= 4 is 17.8 Å². The minimum atomic E-state index is -0.929. The van der Waals surface area contributed by atoms with E-state index < -0.39 is 23.0 Å². The van der Waals surface area contributed by atoms with Crippen molar-refractivity contribution in [2.24, 2.45) is 0 Å². The molecule has 0 fully saturated rings. The van der Waals surface area contributed by atoms with Gasteiger partial charge in [0.05, 0.1) is 5.69 Å². The number of nitrogen functional groups attached to an aromatic ring is 1. The van der Waals surface area contributed by atoms with Crippen LogP contribution in [0.15, 0.2) is 67.3 Å². The third-order valence-corrected chi connectivity index (χ3v) is 5.14. The summed E-state index contributed by atoms with van der Waals surface area (Å²) >= 11 is 0. The zero-order valence-electron chi connectivity index (χ0n) is 14.9. The highest BCUT2D eigenvalue weighted by molar-refractivity contribution is 5.90. The van der Waals surface area contributed by atoms with Gasteiger partial charge in [-0.15, -0.1) is 5.10 Å². The maximum absolute atomic E-state index is 14.1. The van der Waals surface area contributed by atoms with Crippen LogP contribution in [0, 0.1) is 11.6 Å². The van der Waals surface area contributed by atoms with E-state index >= 15 is 0 Å². The number of benzene rings is 2. The van der Waals surface area contributed by atoms with Crippen LogP contribution in [-0.2, 0) is 11.8 Å². The molecule has 1 atom stereocenters. The molecule has 28 heavy (non-hydrogen) atoms. The van der Waals surface area contributed by atoms with Gasteiger partial charge in [0.15, 0.2) is 17.5 Å². The van der Waals surface area contributed by atoms with E-state index in [0.717, 1.165) is 17.7 Å². The number of hydrogen-bond donors (Lipinski definition) is 1. The maximum atomic E-state index is 14.1. The van der Waals surface area contributed by atoms with Crippen molar-refractivity contribution in [1.29, 1.82) is 0 Å². The summed E-state index contributed by atoms with van der Waals surface area (Å²) in [4.78, 5) is 12.3. The van der Waals surface area contributed by atoms with Crippen molar-refractivity contribution < 1.29 is 13.6 Å². The van der Waals surface area contributed by atoms with Gasteiger partial charge in [0.1, 0.15) is 0 Å². The van der Waals surface area contributed by atoms with Crippen LogP contribution in [0.1, 0.15) is 27.2 Å². The van der Waals surface area contributed by atoms with Crippen molar-refractivity contribution in [3.8, 4) is 0 Å². The van der Waals surface area contributed by atoms with Gasteiger partial charge >= 0.3 is 0 Å². The Labute approximate surface area is 160 Å². The summed E-state index contributed by atoms with van der Waals surface area (Å²) in [5.74, 6) is -2.02. The molecule has 6 heteroatoms. The van der Waals surface area contributed by atoms with Crippen molar-refractivity contribution in [2.75, 3.05) is 5.73 Å². The lowest BCUT2D eigenvalue weighted by molar-refractivity contribution is 0.0950. The Morgan fingerprint density at radius 2 is 1.89 bits per heavy atom. The normalized spacial score (nSPS) is 17.9. The molecule has 1 heterocycles. The molecule has 140 valence electrons. The van der Waals surface area contributed by atoms with Crippen molar-refractivity contribution in [1.82, 2.24) is 9.78 Å². The van der Waals surface area contributed by atoms with E-state index in [-0.39, 0.29) is 5.82 Å². The molecular formula is C22H17F2N3O. The average molecular weight is 377 g/mol. The van der Waals surface area contributed by atoms with Crippen LogP contribution in [-0.4, -0.2) is 15.7 Å². The van der Waals surface area contributed by atoms with Crippen LogP contribution >= 0.6 is 0 Å². The van der Waals surface area contributed by atoms with Gasteiger partial charge in [0, 0.05) is 17.4 Å². The quantitative estimate of drug-likeness (QED) is 0.699. The van der Waals surface area contributed by atoms with Crippen molar-refractivity contribution in [3.05, 3.63) is 101 Å². The average Bonchev–Trinajstić information content (AvgIpc) is 3.05. The van der Waals surface area contributed by atoms with E-state index in [2.05, 4.69) is 11.7 Å². The van der Waals surface area contributed by atoms with E-state index in [1.807, 2.05) is 36.4 Å². The van der Waals surface area contributed by atoms with E-state index in [1.165, 1.54) is 10.7 Å². The van der Waals surface area contributed by atoms with Gasteiger partial charge in [-0.05, 0) is 29.3 Å². The molecule has 0 amide bonds. The van der Waals surface area contributed by atoms with Gasteiger partial charge in [-0.1, -0.05) is 55.1 Å². The Kier molecular flexibility index (Phi) is 4.19. The smallest absolute Gasteiger partial charge is 0.270 e. The van der Waals surface area contributed by atoms with Gasteiger partial charge in [-0.2, -0.15) is 4.68 Å². The molecule has 0 aliphatic heterocycles. The standard InChI is InChI=1S/C22H17F2N3O/c1-2-20(28)27-19-13-22(14-6-4-3-5-7-14,11-10-16(19)21(25)26-27)15-8-9-17(23)18(24)12-15/h2-12H,1,13H2,(H2,25,26). The van der Waals surface area contributed by atoms with Crippen LogP contribution in [0.5, 0.6) is 0 Å². The number of allylic oxidation sites excluding steroid dienone is 2. The summed E-state index contributed by atoms with van der Waals surface area (Å²) < 4.78 is 28.9. The summed E-state index contributed by atoms with van der Waals surface area (Å²) in [5.41, 5.74) is 7.85. The Bertz CT molecular complexity index is 1120. The third-order valence-electron chi connectivity index (χ3n) is 5.14. The first-order valence-electron chi connectivity index (χ1n) is 8.71. The number of fused-ring (bicyclic) bond motifs is 1. The van der Waals surface area contributed by atoms with E-state index in [0.29, 0.717) is 23.2 Å². The fourth-order valence-electron chi connectivity index (χ4n) is 3.73. The molecule has 2 aromatic carbocycles. The number of aromatic nitrogens is 2. The largest absolute Gasteiger partial charge is 0.382 e. The zero-order valence-corrected chi connectivity index (χ0v) is 14.9. The topological polar surface area (TPSA) is 60.9 Å². The second-order valence-corrected chi connectivity index (χ2v) is 6.68. The molecule has 0 spiro atoms. The molecular weight excluding hydrogens is 360 g/mol. The van der Waals surface area contributed by atoms with E-state index in [1.54, 1.807) is 12.1 Å². The maximum Gasteiger partial charge on any atom is 0.270 e. The second kappa shape index (κ2) is 6.56. The van der Waals surface area contributed by atoms with Gasteiger partial charge in [-0.25, -0.2) is 8.78 Å². The lowest BCUT2D eigenvalue weighted by Gasteiger charge is -2.35. The highest BCUT2D eigenvalue weighted by Gasteiger charge is 2.38. The molecule has 1 aliphatic rings. The predicted molar refractivity (Wildman–Crippen MR) is 104 cm³/mol. The molecule has 0 saturated heterocycles. The summed E-state index contributed by atoms with van der Waals surface area (Å²) in [5, 5.41) is 4.14. The predicted octanol–water partition coefficient (Wildman–Crippen LogP) is 4.13. The minimum Gasteiger partial charge on any atom is -0.382 e. The SMILES string of the molecule is C=CC(=O)n1nc(N)c2c1CC(c1ccccc1)(c1ccc(F)c(F)c1)C=C2. The second-order valence-electron chi connectivity index (χ2n) is 6.68. The third kappa shape index (κ3) is 2.65. The summed E-state index contributed by atoms with van der Waals surface area (Å²) in [6, 6.07) is 13.3. The number of carbonyl (C=O) groups is 1. The van der Waals surface area contributed by atoms with Crippen LogP contribution in [0.25, 0.3) is 6.08 Å². The van der Waals surface area contributed by atoms with Crippen molar-refractivity contribution in [3.63, 3.8) is 0 Å². The Morgan fingerprint density at radius 3 is 2.57 bits per heavy atom. The Morgan fingerprint density at radius 1 is 1.14 bits per heavy atom. The van der Waals surface area contributed by atoms with Gasteiger partial charge < -0.3 is 5.73 Å². The fourth-order valence-corrected chi connectivity index (χ4v) is 3.73. The first-order chi connectivity index (χ1) is 13.5. The van der Waals surface area contributed by atoms with Gasteiger partial charge in [0.2, 0.25) is 0 Å². The lowest BCUT2D eigenvalue weighted by Crippen LogP contribution is -2.32. The van der Waals surface area contributed by atoms with Crippen LogP contribution in [0.2, 0.25) is 0 Å². The first-order valence-corrected chi connectivity index (χ1v) is 8.71. The molecule has 1 aliphatic carbocycles. The number of rotatable bonds is 3. The Balaban J connectivity index is 1.96. The minimum absolute atomic E-state index is 0.230. The summed E-state index contributed by atoms with van der Waals surface area (Å²) in [6.45, 7) is 3.51. The highest BCUT2D eigenvalue weighted by Crippen LogP contribution is 2.43. The van der Waals surface area contributed by atoms with Gasteiger partial charge in [0.25, 0.3) is 5.91 Å². The summed E-state index contributed by atoms with van der Waals surface area (Å²) in [7, 11) is 0. The molecule has 4 nitrogen and oxygen atoms in total. The highest BCUT2D eigenvalue weighted by atomic mass is 19.2. The first kappa shape index (κ1) is 17.9. The molecule has 0 radical (unpaired) electrons. The number of halogens is 2. The summed E-state index contributed by atoms with van der Waals surface area (Å²) in [6.07, 6.45) is 5.14. The number of carbonyl (C=O) groups excluding carboxylic acids is 1. The molecule has 2 N–H and O–H groups in total. The molecule has 1 unspecified atom stereocenters. The fraction of sp³-hybridized carbons (Fsp3) is 0.0909. The van der Waals surface area contributed by atoms with Crippen LogP contribution < -0.4 is 5.73 Å². The van der Waals surface area contributed by atoms with E-state index in [9.17, 15) is 13.6 Å². The number of anilines is 1. The Hall–Kier alpha value is -3.54. The number of nitrogens with zero attached hydrogens (tertiary/aromatic N) is 2. The number of hydrogen-bond acceptors (Lipinski definition) is 3. The zero-order chi connectivity index (χ0) is 19.9. The van der Waals surface area contributed by atoms with Crippen LogP contribution in [0.4, 0.5) is 14.6 Å². The molecule has 0 bridgehead atoms. The lowest BCUT2D eigenvalue weighted by atomic mass is 9.68. The monoisotopic (exact) mass is 377 g/mol. The molecule has 0 saturated carbocycles. The van der Waals surface area contributed by atoms with E-state index in [4.69, 9.17) is 5.73 Å². The molecule has 4 rings (SSSR count). The van der Waals surface area contributed by atoms with Crippen LogP contribution in [0.3, 0.4) is 0 Å². The number of nitrogens with two attached hydrogens (primary N) is 1.